The molecule has 1 unspecified atom stereocenters. The zero-order valence-corrected chi connectivity index (χ0v) is 32.4. The number of sulfonamides is 1. The summed E-state index contributed by atoms with van der Waals surface area (Å²) in [6, 6.07) is 12.7. The molecule has 56 heavy (non-hydrogen) atoms. The average Bonchev–Trinajstić information content (AvgIpc) is 3.86. The van der Waals surface area contributed by atoms with Crippen LogP contribution in [0, 0.1) is 0 Å². The lowest BCUT2D eigenvalue weighted by atomic mass is 10.0. The highest BCUT2D eigenvalue weighted by Gasteiger charge is 2.39. The van der Waals surface area contributed by atoms with Gasteiger partial charge in [0.1, 0.15) is 11.7 Å². The van der Waals surface area contributed by atoms with E-state index in [0.717, 1.165) is 72.4 Å². The van der Waals surface area contributed by atoms with E-state index in [-0.39, 0.29) is 49.5 Å². The maximum Gasteiger partial charge on any atom is 0.255 e. The highest BCUT2D eigenvalue weighted by molar-refractivity contribution is 7.89. The number of piperazine rings is 2. The molecule has 4 fully saturated rings. The summed E-state index contributed by atoms with van der Waals surface area (Å²) >= 11 is 6.96. The number of carbonyl (C=O) groups is 4. The van der Waals surface area contributed by atoms with E-state index in [1.807, 2.05) is 48.7 Å². The Labute approximate surface area is 329 Å². The van der Waals surface area contributed by atoms with E-state index in [0.29, 0.717) is 48.1 Å². The lowest BCUT2D eigenvalue weighted by Crippen LogP contribution is -2.53. The number of halogens is 1. The van der Waals surface area contributed by atoms with Gasteiger partial charge in [-0.05, 0) is 85.2 Å². The van der Waals surface area contributed by atoms with E-state index in [1.165, 1.54) is 9.87 Å². The number of hydrogen-bond donors (Lipinski definition) is 2. The molecule has 2 N–H and O–H groups in total. The number of imide groups is 1. The Morgan fingerprint density at radius 3 is 2.46 bits per heavy atom. The van der Waals surface area contributed by atoms with Crippen molar-refractivity contribution in [2.45, 2.75) is 50.6 Å². The van der Waals surface area contributed by atoms with E-state index in [1.54, 1.807) is 16.0 Å². The number of rotatable bonds is 10. The molecule has 1 atom stereocenters. The molecule has 2 aromatic heterocycles. The van der Waals surface area contributed by atoms with Crippen molar-refractivity contribution in [2.24, 2.45) is 0 Å². The smallest absolute Gasteiger partial charge is 0.255 e. The summed E-state index contributed by atoms with van der Waals surface area (Å²) in [5.41, 5.74) is 6.74. The summed E-state index contributed by atoms with van der Waals surface area (Å²) in [6.07, 6.45) is 7.04. The fourth-order valence-corrected chi connectivity index (χ4v) is 10.4. The lowest BCUT2D eigenvalue weighted by Gasteiger charge is -2.36. The molecular weight excluding hydrogens is 756 g/mol. The molecule has 0 spiro atoms. The molecular formula is C40H43ClN8O6S. The average molecular weight is 799 g/mol. The number of H-pyrrole nitrogens is 1. The first-order valence-electron chi connectivity index (χ1n) is 19.3. The van der Waals surface area contributed by atoms with Crippen LogP contribution in [-0.2, 0) is 31.0 Å². The fourth-order valence-electron chi connectivity index (χ4n) is 8.59. The van der Waals surface area contributed by atoms with Crippen LogP contribution in [-0.4, -0.2) is 120 Å². The predicted octanol–water partition coefficient (Wildman–Crippen LogP) is 3.71. The number of amides is 4. The molecule has 1 aliphatic carbocycles. The van der Waals surface area contributed by atoms with Crippen LogP contribution in [0.25, 0.3) is 22.2 Å². The number of carbonyl (C=O) groups excluding carboxylic acids is 4. The van der Waals surface area contributed by atoms with Gasteiger partial charge in [0, 0.05) is 92.5 Å². The van der Waals surface area contributed by atoms with Crippen molar-refractivity contribution in [2.75, 3.05) is 67.9 Å². The number of aromatic nitrogens is 2. The van der Waals surface area contributed by atoms with Gasteiger partial charge in [0.05, 0.1) is 17.3 Å². The molecule has 14 nitrogen and oxygen atoms in total. The molecule has 3 saturated heterocycles. The van der Waals surface area contributed by atoms with Gasteiger partial charge in [0.15, 0.2) is 0 Å². The maximum absolute atomic E-state index is 13.4. The van der Waals surface area contributed by atoms with Gasteiger partial charge >= 0.3 is 0 Å². The largest absolute Gasteiger partial charge is 0.369 e. The predicted molar refractivity (Wildman–Crippen MR) is 212 cm³/mol. The van der Waals surface area contributed by atoms with Crippen LogP contribution in [0.1, 0.15) is 59.5 Å². The molecule has 16 heteroatoms. The maximum atomic E-state index is 13.4. The standard InChI is InChI=1S/C40H43ClN8O6S/c41-37-32(22-43-38-36(37)31(21-42-38)25-5-6-25)26-3-1-4-29(19-26)48-17-16-47(24-35(48)51)56(54,55)18-2-11-45-12-14-46(15-13-45)28-7-8-30-27(20-28)23-49(40(30)53)33-9-10-34(50)44-39(33)52/h1,3-4,7-8,19-22,25,33H,2,5-6,9-18,23-24H2,(H,42,43)(H,44,50,52). The molecule has 9 rings (SSSR count). The highest BCUT2D eigenvalue weighted by atomic mass is 35.5. The quantitative estimate of drug-likeness (QED) is 0.228. The third-order valence-corrected chi connectivity index (χ3v) is 14.2. The second kappa shape index (κ2) is 14.6. The Balaban J connectivity index is 0.759. The van der Waals surface area contributed by atoms with Crippen molar-refractivity contribution in [3.05, 3.63) is 76.6 Å². The summed E-state index contributed by atoms with van der Waals surface area (Å²) in [5.74, 6) is -0.717. The van der Waals surface area contributed by atoms with E-state index >= 15 is 0 Å². The number of aromatic amines is 1. The number of nitrogens with one attached hydrogen (secondary N) is 2. The summed E-state index contributed by atoms with van der Waals surface area (Å²) in [6.45, 7) is 4.25. The minimum Gasteiger partial charge on any atom is -0.369 e. The van der Waals surface area contributed by atoms with Crippen LogP contribution in [0.3, 0.4) is 0 Å². The Morgan fingerprint density at radius 1 is 0.875 bits per heavy atom. The van der Waals surface area contributed by atoms with Crippen molar-refractivity contribution in [3.63, 3.8) is 0 Å². The van der Waals surface area contributed by atoms with Gasteiger partial charge in [0.2, 0.25) is 27.7 Å². The second-order valence-corrected chi connectivity index (χ2v) is 17.9. The van der Waals surface area contributed by atoms with Gasteiger partial charge < -0.3 is 19.7 Å². The van der Waals surface area contributed by atoms with Gasteiger partial charge in [-0.1, -0.05) is 23.7 Å². The molecule has 1 saturated carbocycles. The van der Waals surface area contributed by atoms with Crippen LogP contribution in [0.15, 0.2) is 54.9 Å². The van der Waals surface area contributed by atoms with Crippen LogP contribution in [0.5, 0.6) is 0 Å². The number of hydrogen-bond acceptors (Lipinski definition) is 9. The van der Waals surface area contributed by atoms with Crippen LogP contribution < -0.4 is 15.1 Å². The van der Waals surface area contributed by atoms with E-state index < -0.39 is 22.0 Å². The van der Waals surface area contributed by atoms with Crippen LogP contribution in [0.2, 0.25) is 5.02 Å². The number of nitrogens with zero attached hydrogens (tertiary/aromatic N) is 6. The van der Waals surface area contributed by atoms with Crippen molar-refractivity contribution in [3.8, 4) is 11.1 Å². The van der Waals surface area contributed by atoms with Crippen LogP contribution >= 0.6 is 11.6 Å². The first kappa shape index (κ1) is 36.8. The Hall–Kier alpha value is -4.83. The van der Waals surface area contributed by atoms with E-state index in [4.69, 9.17) is 11.6 Å². The number of pyridine rings is 1. The van der Waals surface area contributed by atoms with Gasteiger partial charge in [-0.2, -0.15) is 4.31 Å². The molecule has 0 radical (unpaired) electrons. The Bertz CT molecular complexity index is 2370. The minimum atomic E-state index is -3.64. The Kier molecular flexibility index (Phi) is 9.59. The first-order chi connectivity index (χ1) is 27.0. The minimum absolute atomic E-state index is 0.0333. The van der Waals surface area contributed by atoms with E-state index in [9.17, 15) is 27.6 Å². The molecule has 292 valence electrons. The molecule has 4 amide bonds. The molecule has 5 aliphatic rings. The zero-order valence-electron chi connectivity index (χ0n) is 30.9. The summed E-state index contributed by atoms with van der Waals surface area (Å²) in [4.78, 5) is 66.1. The number of anilines is 2. The second-order valence-electron chi connectivity index (χ2n) is 15.4. The van der Waals surface area contributed by atoms with Crippen molar-refractivity contribution in [1.29, 1.82) is 0 Å². The van der Waals surface area contributed by atoms with Crippen molar-refractivity contribution >= 4 is 67.7 Å². The van der Waals surface area contributed by atoms with Crippen LogP contribution in [0.4, 0.5) is 11.4 Å². The monoisotopic (exact) mass is 798 g/mol. The van der Waals surface area contributed by atoms with Gasteiger partial charge in [-0.15, -0.1) is 0 Å². The Morgan fingerprint density at radius 2 is 1.70 bits per heavy atom. The topological polar surface area (TPSA) is 159 Å². The van der Waals surface area contributed by atoms with Gasteiger partial charge in [0.25, 0.3) is 5.91 Å². The number of fused-ring (bicyclic) bond motifs is 2. The van der Waals surface area contributed by atoms with Gasteiger partial charge in [-0.25, -0.2) is 13.4 Å². The third-order valence-electron chi connectivity index (χ3n) is 11.9. The molecule has 4 aromatic rings. The summed E-state index contributed by atoms with van der Waals surface area (Å²) in [7, 11) is -3.64. The first-order valence-corrected chi connectivity index (χ1v) is 21.3. The molecule has 4 aliphatic heterocycles. The lowest BCUT2D eigenvalue weighted by molar-refractivity contribution is -0.137. The highest BCUT2D eigenvalue weighted by Crippen LogP contribution is 2.46. The van der Waals surface area contributed by atoms with Crippen molar-refractivity contribution < 1.29 is 27.6 Å². The molecule has 0 bridgehead atoms. The third kappa shape index (κ3) is 6.95. The zero-order chi connectivity index (χ0) is 38.7. The fraction of sp³-hybridized carbons (Fsp3) is 0.425. The van der Waals surface area contributed by atoms with Crippen molar-refractivity contribution in [1.82, 2.24) is 29.4 Å². The number of benzene rings is 2. The summed E-state index contributed by atoms with van der Waals surface area (Å²) < 4.78 is 28.1. The number of piperidine rings is 1. The molecule has 2 aromatic carbocycles. The van der Waals surface area contributed by atoms with E-state index in [2.05, 4.69) is 25.1 Å². The summed E-state index contributed by atoms with van der Waals surface area (Å²) in [5, 5.41) is 3.93. The SMILES string of the molecule is O=C1CCC(N2Cc3cc(N4CCN(CCCS(=O)(=O)N5CCN(c6cccc(-c7cnc8[nH]cc(C9CC9)c8c7Cl)c6)C(=O)C5)CC4)ccc3C2=O)C(=O)N1. The van der Waals surface area contributed by atoms with Gasteiger partial charge in [-0.3, -0.25) is 29.4 Å². The molecule has 6 heterocycles. The normalized spacial score (nSPS) is 21.3.